The van der Waals surface area contributed by atoms with Crippen molar-refractivity contribution >= 4 is 65.8 Å². The van der Waals surface area contributed by atoms with Crippen LogP contribution in [0, 0.1) is 0 Å². The second-order valence-electron chi connectivity index (χ2n) is 20.3. The van der Waals surface area contributed by atoms with Crippen molar-refractivity contribution in [1.29, 1.82) is 0 Å². The highest BCUT2D eigenvalue weighted by atomic mass is 15.1. The molecule has 0 aliphatic rings. The Hall–Kier alpha value is -11.2. The molecule has 0 saturated carbocycles. The van der Waals surface area contributed by atoms with Gasteiger partial charge in [0.05, 0.1) is 16.6 Å². The average Bonchev–Trinajstić information content (AvgIpc) is 4.26. The Morgan fingerprint density at radius 2 is 0.543 bits per heavy atom. The Bertz CT molecular complexity index is 4680. The van der Waals surface area contributed by atoms with E-state index in [4.69, 9.17) is 29.9 Å². The first-order valence-corrected chi connectivity index (χ1v) is 27.1. The van der Waals surface area contributed by atoms with E-state index < -0.39 is 0 Å². The topological polar surface area (TPSA) is 92.1 Å². The number of fused-ring (bicyclic) bond motifs is 9. The number of hydrogen-bond donors (Lipinski definition) is 0. The van der Waals surface area contributed by atoms with Crippen molar-refractivity contribution in [3.05, 3.63) is 273 Å². The largest absolute Gasteiger partial charge is 0.294 e. The molecule has 81 heavy (non-hydrogen) atoms. The first-order chi connectivity index (χ1) is 40.2. The van der Waals surface area contributed by atoms with Gasteiger partial charge in [-0.1, -0.05) is 152 Å². The van der Waals surface area contributed by atoms with Crippen molar-refractivity contribution in [2.45, 2.75) is 0 Å². The summed E-state index contributed by atoms with van der Waals surface area (Å²) >= 11 is 0. The van der Waals surface area contributed by atoms with E-state index in [1.165, 1.54) is 0 Å². The lowest BCUT2D eigenvalue weighted by Crippen LogP contribution is -2.02. The van der Waals surface area contributed by atoms with Gasteiger partial charge in [0, 0.05) is 84.7 Å². The van der Waals surface area contributed by atoms with Crippen LogP contribution < -0.4 is 0 Å². The zero-order chi connectivity index (χ0) is 53.4. The molecule has 0 radical (unpaired) electrons. The van der Waals surface area contributed by atoms with Crippen molar-refractivity contribution in [2.24, 2.45) is 0 Å². The molecular weight excluding hydrogens is 991 g/mol. The molecule has 0 saturated heterocycles. The molecule has 9 aromatic carbocycles. The second kappa shape index (κ2) is 18.8. The SMILES string of the molecule is c1ccc(-c2nc(-c3ccccc3)nc(-c3cc(-c4ccc(-n5c6ccccc6c6cccnc65)cc4)c(-c4ccc(-n5c6ccccc6c6cccnc65)cc4)c(-c4ccc(-n5c6ccccc6c6cccnc65)cc4)c3)n2)cc1. The zero-order valence-electron chi connectivity index (χ0n) is 43.5. The monoisotopic (exact) mass is 1040 g/mol. The van der Waals surface area contributed by atoms with Crippen molar-refractivity contribution in [3.63, 3.8) is 0 Å². The lowest BCUT2D eigenvalue weighted by Gasteiger charge is -2.20. The van der Waals surface area contributed by atoms with Gasteiger partial charge in [0.2, 0.25) is 0 Å². The molecule has 0 aliphatic heterocycles. The molecule has 7 heterocycles. The first-order valence-electron chi connectivity index (χ1n) is 27.1. The third kappa shape index (κ3) is 7.62. The highest BCUT2D eigenvalue weighted by Crippen LogP contribution is 2.45. The van der Waals surface area contributed by atoms with Crippen LogP contribution in [-0.2, 0) is 0 Å². The van der Waals surface area contributed by atoms with Gasteiger partial charge < -0.3 is 0 Å². The summed E-state index contributed by atoms with van der Waals surface area (Å²) in [5.74, 6) is 1.75. The Balaban J connectivity index is 0.947. The number of rotatable bonds is 9. The van der Waals surface area contributed by atoms with E-state index in [1.54, 1.807) is 0 Å². The first kappa shape index (κ1) is 46.0. The van der Waals surface area contributed by atoms with Gasteiger partial charge in [-0.05, 0) is 137 Å². The van der Waals surface area contributed by atoms with E-state index >= 15 is 0 Å². The summed E-state index contributed by atoms with van der Waals surface area (Å²) in [5, 5.41) is 6.81. The predicted octanol–water partition coefficient (Wildman–Crippen LogP) is 17.3. The molecule has 0 aliphatic carbocycles. The van der Waals surface area contributed by atoms with Gasteiger partial charge in [-0.15, -0.1) is 0 Å². The van der Waals surface area contributed by atoms with E-state index in [2.05, 4.69) is 214 Å². The summed E-state index contributed by atoms with van der Waals surface area (Å²) in [6.07, 6.45) is 5.61. The molecule has 0 spiro atoms. The van der Waals surface area contributed by atoms with E-state index in [0.717, 1.165) is 133 Å². The third-order valence-corrected chi connectivity index (χ3v) is 15.7. The number of nitrogens with zero attached hydrogens (tertiary/aromatic N) is 9. The molecule has 9 heteroatoms. The standard InChI is InChI=1S/C72H45N9/c1-3-16-49(17-4-1)67-76-68(50-18-5-2-6-19-50)78-69(77-67)51-44-61(46-29-35-52(36-30-46)79-63-26-10-7-20-55(63)58-23-13-41-73-70(58)79)66(48-33-39-54(40-34-48)81-65-28-12-9-22-57(65)60-25-15-43-75-72(60)81)62(45-51)47-31-37-53(38-32-47)80-64-27-11-8-21-56(64)59-24-14-42-74-71(59)80/h1-45H. The summed E-state index contributed by atoms with van der Waals surface area (Å²) < 4.78 is 6.78. The molecule has 0 amide bonds. The summed E-state index contributed by atoms with van der Waals surface area (Å²) in [6.45, 7) is 0. The highest BCUT2D eigenvalue weighted by molar-refractivity contribution is 6.10. The quantitative estimate of drug-likeness (QED) is 0.143. The third-order valence-electron chi connectivity index (χ3n) is 15.7. The summed E-state index contributed by atoms with van der Waals surface area (Å²) in [4.78, 5) is 30.5. The Labute approximate surface area is 465 Å². The molecule has 0 N–H and O–H groups in total. The molecule has 0 fully saturated rings. The molecule has 0 unspecified atom stereocenters. The van der Waals surface area contributed by atoms with Gasteiger partial charge in [-0.3, -0.25) is 13.7 Å². The van der Waals surface area contributed by atoms with Gasteiger partial charge in [0.25, 0.3) is 0 Å². The van der Waals surface area contributed by atoms with Crippen molar-refractivity contribution < 1.29 is 0 Å². The van der Waals surface area contributed by atoms with Gasteiger partial charge in [-0.2, -0.15) is 0 Å². The van der Waals surface area contributed by atoms with Crippen LogP contribution in [0.25, 0.3) is 150 Å². The van der Waals surface area contributed by atoms with Gasteiger partial charge >= 0.3 is 0 Å². The summed E-state index contributed by atoms with van der Waals surface area (Å²) in [7, 11) is 0. The fraction of sp³-hybridized carbons (Fsp3) is 0. The van der Waals surface area contributed by atoms with Crippen LogP contribution in [0.5, 0.6) is 0 Å². The molecular formula is C72H45N9. The number of aromatic nitrogens is 9. The minimum Gasteiger partial charge on any atom is -0.294 e. The molecule has 16 aromatic rings. The Morgan fingerprint density at radius 1 is 0.235 bits per heavy atom. The lowest BCUT2D eigenvalue weighted by molar-refractivity contribution is 1.07. The van der Waals surface area contributed by atoms with E-state index in [0.29, 0.717) is 17.5 Å². The lowest BCUT2D eigenvalue weighted by atomic mass is 9.85. The summed E-state index contributed by atoms with van der Waals surface area (Å²) in [6, 6.07) is 89.6. The molecule has 9 nitrogen and oxygen atoms in total. The fourth-order valence-corrected chi connectivity index (χ4v) is 12.0. The van der Waals surface area contributed by atoms with Gasteiger partial charge in [-0.25, -0.2) is 29.9 Å². The average molecular weight is 1040 g/mol. The van der Waals surface area contributed by atoms with Crippen LogP contribution in [-0.4, -0.2) is 43.6 Å². The number of hydrogen-bond acceptors (Lipinski definition) is 6. The minimum absolute atomic E-state index is 0.562. The maximum Gasteiger partial charge on any atom is 0.164 e. The molecule has 16 rings (SSSR count). The number of pyridine rings is 3. The highest BCUT2D eigenvalue weighted by Gasteiger charge is 2.23. The fourth-order valence-electron chi connectivity index (χ4n) is 12.0. The smallest absolute Gasteiger partial charge is 0.164 e. The van der Waals surface area contributed by atoms with Gasteiger partial charge in [0.15, 0.2) is 17.5 Å². The van der Waals surface area contributed by atoms with Gasteiger partial charge in [0.1, 0.15) is 16.9 Å². The zero-order valence-corrected chi connectivity index (χ0v) is 43.5. The maximum absolute atomic E-state index is 5.32. The normalized spacial score (nSPS) is 11.7. The predicted molar refractivity (Wildman–Crippen MR) is 329 cm³/mol. The van der Waals surface area contributed by atoms with E-state index in [9.17, 15) is 0 Å². The van der Waals surface area contributed by atoms with Crippen LogP contribution in [0.4, 0.5) is 0 Å². The second-order valence-corrected chi connectivity index (χ2v) is 20.3. The molecule has 378 valence electrons. The molecule has 0 atom stereocenters. The van der Waals surface area contributed by atoms with Crippen LogP contribution in [0.15, 0.2) is 273 Å². The summed E-state index contributed by atoms with van der Waals surface area (Å²) in [5.41, 5.74) is 17.9. The van der Waals surface area contributed by atoms with Crippen LogP contribution in [0.2, 0.25) is 0 Å². The van der Waals surface area contributed by atoms with Crippen LogP contribution in [0.1, 0.15) is 0 Å². The van der Waals surface area contributed by atoms with Crippen molar-refractivity contribution in [1.82, 2.24) is 43.6 Å². The minimum atomic E-state index is 0.562. The van der Waals surface area contributed by atoms with Crippen LogP contribution in [0.3, 0.4) is 0 Å². The molecule has 7 aromatic heterocycles. The molecule has 0 bridgehead atoms. The van der Waals surface area contributed by atoms with Crippen LogP contribution >= 0.6 is 0 Å². The van der Waals surface area contributed by atoms with Crippen molar-refractivity contribution in [2.75, 3.05) is 0 Å². The number of benzene rings is 9. The Kier molecular flexibility index (Phi) is 10.7. The van der Waals surface area contributed by atoms with E-state index in [-0.39, 0.29) is 0 Å². The Morgan fingerprint density at radius 3 is 0.914 bits per heavy atom. The maximum atomic E-state index is 5.32. The van der Waals surface area contributed by atoms with Crippen molar-refractivity contribution in [3.8, 4) is 84.6 Å². The number of para-hydroxylation sites is 3. The van der Waals surface area contributed by atoms with E-state index in [1.807, 2.05) is 73.2 Å².